The Labute approximate surface area is 263 Å². The van der Waals surface area contributed by atoms with Crippen LogP contribution in [-0.4, -0.2) is 0 Å². The molecule has 0 atom stereocenters. The monoisotopic (exact) mass is 738 g/mol. The molecule has 2 rings (SSSR count). The standard InChI is InChI=1S/C16H25Br3S.C16H28S/c1-2-3-4-5-6-7-8-9-10-11-12-13-14(17)16(19)20-15(13)18;1-2-3-4-5-6-7-8-9-10-11-12-16-13-14-17-15-16/h2-12H2,1H3;13-15H,2-12H2,1H3. The second kappa shape index (κ2) is 25.8. The van der Waals surface area contributed by atoms with Crippen molar-refractivity contribution in [3.8, 4) is 0 Å². The third-order valence-electron chi connectivity index (χ3n) is 7.03. The smallest absolute Gasteiger partial charge is 0.0855 e. The number of halogens is 3. The number of hydrogen-bond donors (Lipinski definition) is 0. The van der Waals surface area contributed by atoms with E-state index in [0.29, 0.717) is 0 Å². The highest BCUT2D eigenvalue weighted by Crippen LogP contribution is 2.41. The molecule has 0 fully saturated rings. The molecule has 0 aromatic carbocycles. The molecule has 2 heterocycles. The van der Waals surface area contributed by atoms with Crippen LogP contribution >= 0.6 is 70.5 Å². The van der Waals surface area contributed by atoms with Crippen LogP contribution in [0.25, 0.3) is 0 Å². The number of unbranched alkanes of at least 4 members (excludes halogenated alkanes) is 18. The Kier molecular flexibility index (Phi) is 25.0. The van der Waals surface area contributed by atoms with Gasteiger partial charge >= 0.3 is 0 Å². The lowest BCUT2D eigenvalue weighted by Gasteiger charge is -2.03. The number of aryl methyl sites for hydroxylation is 1. The Balaban J connectivity index is 0.000000375. The predicted octanol–water partition coefficient (Wildman–Crippen LogP) is 14.7. The molecule has 0 N–H and O–H groups in total. The summed E-state index contributed by atoms with van der Waals surface area (Å²) in [7, 11) is 0. The van der Waals surface area contributed by atoms with Crippen molar-refractivity contribution in [3.63, 3.8) is 0 Å². The van der Waals surface area contributed by atoms with Crippen LogP contribution in [-0.2, 0) is 12.8 Å². The molecule has 0 nitrogen and oxygen atoms in total. The molecule has 0 aliphatic carbocycles. The van der Waals surface area contributed by atoms with E-state index in [2.05, 4.69) is 78.5 Å². The normalized spacial score (nSPS) is 11.1. The van der Waals surface area contributed by atoms with Gasteiger partial charge in [-0.15, -0.1) is 11.3 Å². The van der Waals surface area contributed by atoms with Gasteiger partial charge in [0, 0.05) is 4.47 Å². The van der Waals surface area contributed by atoms with Gasteiger partial charge in [-0.3, -0.25) is 0 Å². The zero-order valence-corrected chi connectivity index (χ0v) is 30.1. The van der Waals surface area contributed by atoms with E-state index in [1.54, 1.807) is 11.3 Å². The zero-order chi connectivity index (χ0) is 27.0. The molecule has 2 aromatic heterocycles. The van der Waals surface area contributed by atoms with Gasteiger partial charge in [-0.25, -0.2) is 0 Å². The Bertz CT molecular complexity index is 740. The van der Waals surface area contributed by atoms with Gasteiger partial charge in [-0.1, -0.05) is 129 Å². The summed E-state index contributed by atoms with van der Waals surface area (Å²) in [6.45, 7) is 4.57. The summed E-state index contributed by atoms with van der Waals surface area (Å²) in [6, 6.07) is 2.26. The average molecular weight is 742 g/mol. The van der Waals surface area contributed by atoms with Gasteiger partial charge in [-0.2, -0.15) is 11.3 Å². The third-order valence-corrected chi connectivity index (χ3v) is 12.1. The maximum Gasteiger partial charge on any atom is 0.0855 e. The highest BCUT2D eigenvalue weighted by Gasteiger charge is 2.12. The molecular weight excluding hydrogens is 688 g/mol. The summed E-state index contributed by atoms with van der Waals surface area (Å²) in [5.74, 6) is 0. The highest BCUT2D eigenvalue weighted by atomic mass is 79.9. The van der Waals surface area contributed by atoms with Crippen LogP contribution in [0.3, 0.4) is 0 Å². The Hall–Kier alpha value is 0.840. The first kappa shape index (κ1) is 35.9. The second-order valence-electron chi connectivity index (χ2n) is 10.4. The number of thiophene rings is 2. The lowest BCUT2D eigenvalue weighted by Crippen LogP contribution is -1.86. The lowest BCUT2D eigenvalue weighted by atomic mass is 10.0. The highest BCUT2D eigenvalue weighted by molar-refractivity contribution is 9.14. The first-order chi connectivity index (χ1) is 18.1. The van der Waals surface area contributed by atoms with E-state index in [1.807, 2.05) is 11.3 Å². The zero-order valence-electron chi connectivity index (χ0n) is 23.7. The summed E-state index contributed by atoms with van der Waals surface area (Å²) in [5, 5.41) is 4.47. The van der Waals surface area contributed by atoms with Crippen LogP contribution in [0, 0.1) is 0 Å². The van der Waals surface area contributed by atoms with E-state index in [9.17, 15) is 0 Å². The molecule has 5 heteroatoms. The van der Waals surface area contributed by atoms with E-state index in [-0.39, 0.29) is 0 Å². The van der Waals surface area contributed by atoms with Crippen molar-refractivity contribution in [2.45, 2.75) is 155 Å². The van der Waals surface area contributed by atoms with Crippen molar-refractivity contribution >= 4 is 70.5 Å². The van der Waals surface area contributed by atoms with E-state index in [0.717, 1.165) is 0 Å². The molecule has 0 unspecified atom stereocenters. The molecule has 2 aromatic rings. The minimum absolute atomic E-state index is 1.18. The topological polar surface area (TPSA) is 0 Å². The van der Waals surface area contributed by atoms with Gasteiger partial charge in [0.25, 0.3) is 0 Å². The van der Waals surface area contributed by atoms with Crippen LogP contribution in [0.2, 0.25) is 0 Å². The van der Waals surface area contributed by atoms with E-state index in [1.165, 1.54) is 164 Å². The van der Waals surface area contributed by atoms with Crippen molar-refractivity contribution in [2.75, 3.05) is 0 Å². The minimum atomic E-state index is 1.18. The summed E-state index contributed by atoms with van der Waals surface area (Å²) >= 11 is 14.5. The fourth-order valence-electron chi connectivity index (χ4n) is 4.64. The van der Waals surface area contributed by atoms with Crippen molar-refractivity contribution in [1.82, 2.24) is 0 Å². The van der Waals surface area contributed by atoms with Gasteiger partial charge in [0.2, 0.25) is 0 Å². The molecule has 214 valence electrons. The first-order valence-corrected chi connectivity index (χ1v) is 19.4. The molecule has 37 heavy (non-hydrogen) atoms. The maximum atomic E-state index is 3.66. The number of rotatable bonds is 22. The largest absolute Gasteiger partial charge is 0.152 e. The fraction of sp³-hybridized carbons (Fsp3) is 0.750. The van der Waals surface area contributed by atoms with E-state index < -0.39 is 0 Å². The minimum Gasteiger partial charge on any atom is -0.152 e. The quantitative estimate of drug-likeness (QED) is 0.105. The Morgan fingerprint density at radius 3 is 1.35 bits per heavy atom. The Morgan fingerprint density at radius 1 is 0.541 bits per heavy atom. The van der Waals surface area contributed by atoms with Gasteiger partial charge in [0.1, 0.15) is 0 Å². The fourth-order valence-corrected chi connectivity index (χ4v) is 9.33. The first-order valence-electron chi connectivity index (χ1n) is 15.2. The van der Waals surface area contributed by atoms with Crippen molar-refractivity contribution in [1.29, 1.82) is 0 Å². The predicted molar refractivity (Wildman–Crippen MR) is 183 cm³/mol. The third kappa shape index (κ3) is 19.5. The molecule has 0 bridgehead atoms. The molecule has 0 aliphatic rings. The van der Waals surface area contributed by atoms with Gasteiger partial charge in [0.05, 0.1) is 7.57 Å². The lowest BCUT2D eigenvalue weighted by molar-refractivity contribution is 0.556. The van der Waals surface area contributed by atoms with Crippen molar-refractivity contribution in [2.24, 2.45) is 0 Å². The maximum absolute atomic E-state index is 3.66. The molecule has 0 amide bonds. The van der Waals surface area contributed by atoms with Crippen LogP contribution in [0.1, 0.15) is 153 Å². The van der Waals surface area contributed by atoms with Crippen LogP contribution in [0.15, 0.2) is 28.9 Å². The summed E-state index contributed by atoms with van der Waals surface area (Å²) in [5.41, 5.74) is 2.97. The molecule has 0 spiro atoms. The SMILES string of the molecule is CCCCCCCCCCCCc1c(Br)sc(Br)c1Br.CCCCCCCCCCCCc1ccsc1. The molecular formula is C32H53Br3S2. The number of hydrogen-bond acceptors (Lipinski definition) is 2. The van der Waals surface area contributed by atoms with E-state index >= 15 is 0 Å². The van der Waals surface area contributed by atoms with Crippen LogP contribution < -0.4 is 0 Å². The molecule has 0 saturated heterocycles. The van der Waals surface area contributed by atoms with Crippen LogP contribution in [0.4, 0.5) is 0 Å². The van der Waals surface area contributed by atoms with E-state index in [4.69, 9.17) is 0 Å². The summed E-state index contributed by atoms with van der Waals surface area (Å²) in [6.07, 6.45) is 30.8. The Morgan fingerprint density at radius 2 is 0.973 bits per heavy atom. The molecule has 0 aliphatic heterocycles. The van der Waals surface area contributed by atoms with Gasteiger partial charge < -0.3 is 0 Å². The molecule has 0 radical (unpaired) electrons. The summed E-state index contributed by atoms with van der Waals surface area (Å²) in [4.78, 5) is 0. The average Bonchev–Trinajstić information content (AvgIpc) is 3.50. The second-order valence-corrected chi connectivity index (χ2v) is 15.7. The van der Waals surface area contributed by atoms with Gasteiger partial charge in [0.15, 0.2) is 0 Å². The van der Waals surface area contributed by atoms with Crippen molar-refractivity contribution < 1.29 is 0 Å². The van der Waals surface area contributed by atoms with Crippen molar-refractivity contribution in [3.05, 3.63) is 40.0 Å². The van der Waals surface area contributed by atoms with Crippen LogP contribution in [0.5, 0.6) is 0 Å². The summed E-state index contributed by atoms with van der Waals surface area (Å²) < 4.78 is 3.71. The molecule has 0 saturated carbocycles. The van der Waals surface area contributed by atoms with Gasteiger partial charge in [-0.05, 0) is 101 Å².